The lowest BCUT2D eigenvalue weighted by Gasteiger charge is -2.37. The van der Waals surface area contributed by atoms with Gasteiger partial charge in [0.05, 0.1) is 0 Å². The first-order valence-electron chi connectivity index (χ1n) is 6.78. The third-order valence-electron chi connectivity index (χ3n) is 3.70. The quantitative estimate of drug-likeness (QED) is 0.496. The second-order valence-electron chi connectivity index (χ2n) is 5.43. The van der Waals surface area contributed by atoms with Gasteiger partial charge in [-0.15, -0.1) is 0 Å². The Balaban J connectivity index is 3.65. The van der Waals surface area contributed by atoms with Crippen molar-refractivity contribution in [3.8, 4) is 0 Å². The van der Waals surface area contributed by atoms with Crippen LogP contribution >= 0.6 is 10.0 Å². The van der Waals surface area contributed by atoms with Crippen LogP contribution < -0.4 is 0 Å². The van der Waals surface area contributed by atoms with Gasteiger partial charge in [-0.25, -0.2) is 14.4 Å². The first kappa shape index (κ1) is 16.3. The summed E-state index contributed by atoms with van der Waals surface area (Å²) in [5, 5.41) is 0.851. The van der Waals surface area contributed by atoms with Crippen LogP contribution in [0.5, 0.6) is 0 Å². The lowest BCUT2D eigenvalue weighted by atomic mass is 10.1. The van der Waals surface area contributed by atoms with Crippen molar-refractivity contribution in [1.82, 2.24) is 0 Å². The number of rotatable bonds is 9. The van der Waals surface area contributed by atoms with Crippen molar-refractivity contribution < 1.29 is 4.39 Å². The molecule has 0 bridgehead atoms. The molecule has 0 nitrogen and oxygen atoms in total. The van der Waals surface area contributed by atoms with Gasteiger partial charge in [0.2, 0.25) is 0 Å². The zero-order valence-corrected chi connectivity index (χ0v) is 12.7. The predicted octanol–water partition coefficient (Wildman–Crippen LogP) is 5.16. The molecular formula is C14H31FS. The largest absolute Gasteiger partial charge is 0.247 e. The van der Waals surface area contributed by atoms with Gasteiger partial charge in [0.1, 0.15) is 6.17 Å². The average Bonchev–Trinajstić information content (AvgIpc) is 2.23. The van der Waals surface area contributed by atoms with Gasteiger partial charge in [-0.2, -0.15) is 0 Å². The molecule has 0 aromatic rings. The van der Waals surface area contributed by atoms with E-state index in [1.54, 1.807) is 0 Å². The van der Waals surface area contributed by atoms with Crippen LogP contribution in [0.25, 0.3) is 0 Å². The normalized spacial score (nSPS) is 17.1. The molecule has 0 spiro atoms. The van der Waals surface area contributed by atoms with Crippen LogP contribution in [0.1, 0.15) is 59.3 Å². The topological polar surface area (TPSA) is 0 Å². The first-order valence-corrected chi connectivity index (χ1v) is 9.46. The van der Waals surface area contributed by atoms with E-state index >= 15 is 0 Å². The summed E-state index contributed by atoms with van der Waals surface area (Å²) in [5.74, 6) is 1.32. The maximum atomic E-state index is 13.3. The summed E-state index contributed by atoms with van der Waals surface area (Å²) in [6.45, 7) is 6.70. The fraction of sp³-hybridized carbons (Fsp3) is 1.00. The van der Waals surface area contributed by atoms with Gasteiger partial charge in [-0.05, 0) is 55.6 Å². The highest BCUT2D eigenvalue weighted by Crippen LogP contribution is 2.47. The van der Waals surface area contributed by atoms with Crippen molar-refractivity contribution in [2.24, 2.45) is 0 Å². The summed E-state index contributed by atoms with van der Waals surface area (Å²) < 4.78 is 13.3. The second-order valence-corrected chi connectivity index (χ2v) is 9.89. The van der Waals surface area contributed by atoms with Gasteiger partial charge < -0.3 is 0 Å². The number of unbranched alkanes of at least 4 members (excludes halogenated alkanes) is 1. The van der Waals surface area contributed by atoms with Crippen LogP contribution in [0.3, 0.4) is 0 Å². The molecular weight excluding hydrogens is 219 g/mol. The SMILES string of the molecule is CCCC(F)CCCCS(C)(C)[C@@H](C)CC. The molecule has 0 amide bonds. The minimum absolute atomic E-state index is 0.443. The van der Waals surface area contributed by atoms with E-state index in [4.69, 9.17) is 0 Å². The lowest BCUT2D eigenvalue weighted by molar-refractivity contribution is 0.288. The Bertz CT molecular complexity index is 168. The highest BCUT2D eigenvalue weighted by atomic mass is 32.3. The molecule has 0 aliphatic carbocycles. The summed E-state index contributed by atoms with van der Waals surface area (Å²) in [7, 11) is -0.443. The maximum Gasteiger partial charge on any atom is 0.100 e. The van der Waals surface area contributed by atoms with Gasteiger partial charge in [-0.1, -0.05) is 27.2 Å². The molecule has 0 fully saturated rings. The van der Waals surface area contributed by atoms with Gasteiger partial charge >= 0.3 is 0 Å². The molecule has 0 N–H and O–H groups in total. The molecule has 2 heteroatoms. The highest BCUT2D eigenvalue weighted by molar-refractivity contribution is 8.33. The second kappa shape index (κ2) is 8.38. The molecule has 0 radical (unpaired) electrons. The standard InChI is InChI=1S/C14H31FS/c1-6-10-14(15)11-8-9-12-16(4,5)13(3)7-2/h13-14H,6-12H2,1-5H3/t13-,14?/m0/s1. The Morgan fingerprint density at radius 1 is 1.06 bits per heavy atom. The molecule has 0 aliphatic heterocycles. The minimum Gasteiger partial charge on any atom is -0.247 e. The van der Waals surface area contributed by atoms with E-state index in [1.165, 1.54) is 18.6 Å². The molecule has 0 heterocycles. The fourth-order valence-electron chi connectivity index (χ4n) is 1.95. The molecule has 0 saturated carbocycles. The summed E-state index contributed by atoms with van der Waals surface area (Å²) in [6, 6.07) is 0. The average molecular weight is 250 g/mol. The van der Waals surface area contributed by atoms with E-state index in [-0.39, 0.29) is 0 Å². The predicted molar refractivity (Wildman–Crippen MR) is 77.7 cm³/mol. The van der Waals surface area contributed by atoms with Crippen molar-refractivity contribution in [3.63, 3.8) is 0 Å². The Labute approximate surface area is 104 Å². The molecule has 0 rings (SSSR count). The molecule has 1 unspecified atom stereocenters. The molecule has 0 aromatic carbocycles. The Kier molecular flexibility index (Phi) is 8.53. The van der Waals surface area contributed by atoms with Crippen molar-refractivity contribution in [2.75, 3.05) is 18.3 Å². The van der Waals surface area contributed by atoms with Crippen molar-refractivity contribution in [2.45, 2.75) is 70.7 Å². The van der Waals surface area contributed by atoms with Crippen LogP contribution in [0.4, 0.5) is 4.39 Å². The highest BCUT2D eigenvalue weighted by Gasteiger charge is 2.18. The van der Waals surface area contributed by atoms with Crippen LogP contribution in [-0.2, 0) is 0 Å². The van der Waals surface area contributed by atoms with Crippen LogP contribution in [0, 0.1) is 0 Å². The monoisotopic (exact) mass is 250 g/mol. The third-order valence-corrected chi connectivity index (χ3v) is 7.56. The van der Waals surface area contributed by atoms with E-state index in [9.17, 15) is 4.39 Å². The molecule has 0 aliphatic rings. The summed E-state index contributed by atoms with van der Waals surface area (Å²) in [4.78, 5) is 0. The van der Waals surface area contributed by atoms with Crippen molar-refractivity contribution >= 4 is 10.0 Å². The number of hydrogen-bond acceptors (Lipinski definition) is 0. The summed E-state index contributed by atoms with van der Waals surface area (Å²) in [6.07, 6.45) is 10.4. The van der Waals surface area contributed by atoms with Gasteiger partial charge in [0.25, 0.3) is 0 Å². The summed E-state index contributed by atoms with van der Waals surface area (Å²) in [5.41, 5.74) is 0. The summed E-state index contributed by atoms with van der Waals surface area (Å²) >= 11 is 0. The van der Waals surface area contributed by atoms with E-state index in [2.05, 4.69) is 33.3 Å². The number of alkyl halides is 1. The van der Waals surface area contributed by atoms with Crippen LogP contribution in [0.2, 0.25) is 0 Å². The molecule has 16 heavy (non-hydrogen) atoms. The minimum atomic E-state index is -0.549. The van der Waals surface area contributed by atoms with Gasteiger partial charge in [0.15, 0.2) is 0 Å². The van der Waals surface area contributed by atoms with Crippen LogP contribution in [0.15, 0.2) is 0 Å². The first-order chi connectivity index (χ1) is 7.44. The Morgan fingerprint density at radius 3 is 2.19 bits per heavy atom. The third kappa shape index (κ3) is 6.78. The van der Waals surface area contributed by atoms with Crippen molar-refractivity contribution in [3.05, 3.63) is 0 Å². The number of halogens is 1. The lowest BCUT2D eigenvalue weighted by Crippen LogP contribution is -2.15. The smallest absolute Gasteiger partial charge is 0.100 e. The van der Waals surface area contributed by atoms with Crippen LogP contribution in [-0.4, -0.2) is 29.7 Å². The maximum absolute atomic E-state index is 13.3. The molecule has 0 aromatic heterocycles. The zero-order chi connectivity index (χ0) is 12.6. The van der Waals surface area contributed by atoms with Gasteiger partial charge in [0, 0.05) is 0 Å². The van der Waals surface area contributed by atoms with E-state index in [0.29, 0.717) is 0 Å². The Hall–Kier alpha value is 0.280. The molecule has 100 valence electrons. The zero-order valence-electron chi connectivity index (χ0n) is 11.9. The van der Waals surface area contributed by atoms with E-state index in [1.807, 2.05) is 0 Å². The fourth-order valence-corrected chi connectivity index (χ4v) is 4.20. The molecule has 2 atom stereocenters. The number of hydrogen-bond donors (Lipinski definition) is 0. The van der Waals surface area contributed by atoms with E-state index in [0.717, 1.165) is 30.9 Å². The Morgan fingerprint density at radius 2 is 1.69 bits per heavy atom. The van der Waals surface area contributed by atoms with Gasteiger partial charge in [-0.3, -0.25) is 0 Å². The molecule has 0 saturated heterocycles. The van der Waals surface area contributed by atoms with Crippen molar-refractivity contribution in [1.29, 1.82) is 0 Å². The van der Waals surface area contributed by atoms with E-state index < -0.39 is 16.2 Å².